The highest BCUT2D eigenvalue weighted by atomic mass is 16.5. The molecular weight excluding hydrogens is 350 g/mol. The van der Waals surface area contributed by atoms with Gasteiger partial charge in [-0.15, -0.1) is 0 Å². The molecule has 0 unspecified atom stereocenters. The second kappa shape index (κ2) is 6.98. The monoisotopic (exact) mass is 379 g/mol. The van der Waals surface area contributed by atoms with Gasteiger partial charge in [0.05, 0.1) is 13.4 Å². The number of hydrogen-bond donors (Lipinski definition) is 1. The first kappa shape index (κ1) is 17.8. The van der Waals surface area contributed by atoms with Crippen LogP contribution in [0.5, 0.6) is 5.75 Å². The van der Waals surface area contributed by atoms with Crippen molar-refractivity contribution in [1.82, 2.24) is 5.32 Å². The topological polar surface area (TPSA) is 51.5 Å². The first-order chi connectivity index (χ1) is 13.6. The fraction of sp³-hybridized carbons (Fsp3) is 0.542. The SMILES string of the molecule is COc1ccc(C(=O)NCCc2ccco2)cc1C12CC3CC(CC(C3)C1)C2. The van der Waals surface area contributed by atoms with Crippen LogP contribution in [-0.2, 0) is 11.8 Å². The molecule has 1 aromatic carbocycles. The maximum atomic E-state index is 12.8. The molecule has 4 fully saturated rings. The van der Waals surface area contributed by atoms with Crippen LogP contribution in [-0.4, -0.2) is 19.6 Å². The number of carbonyl (C=O) groups excluding carboxylic acids is 1. The number of nitrogens with one attached hydrogen (secondary N) is 1. The number of furan rings is 1. The normalized spacial score (nSPS) is 30.4. The molecule has 4 bridgehead atoms. The maximum Gasteiger partial charge on any atom is 0.251 e. The van der Waals surface area contributed by atoms with Gasteiger partial charge >= 0.3 is 0 Å². The first-order valence-corrected chi connectivity index (χ1v) is 10.6. The molecule has 1 aromatic heterocycles. The summed E-state index contributed by atoms with van der Waals surface area (Å²) in [5.41, 5.74) is 2.23. The van der Waals surface area contributed by atoms with E-state index in [0.29, 0.717) is 13.0 Å². The van der Waals surface area contributed by atoms with Crippen LogP contribution in [0.1, 0.15) is 60.2 Å². The summed E-state index contributed by atoms with van der Waals surface area (Å²) < 4.78 is 11.1. The Labute approximate surface area is 166 Å². The lowest BCUT2D eigenvalue weighted by Gasteiger charge is -2.57. The van der Waals surface area contributed by atoms with Crippen molar-refractivity contribution in [3.05, 3.63) is 53.5 Å². The van der Waals surface area contributed by atoms with E-state index in [1.165, 1.54) is 44.1 Å². The molecule has 2 aromatic rings. The van der Waals surface area contributed by atoms with Gasteiger partial charge in [-0.05, 0) is 92.0 Å². The lowest BCUT2D eigenvalue weighted by molar-refractivity contribution is -0.00617. The minimum absolute atomic E-state index is 0.0137. The molecule has 1 amide bonds. The molecule has 0 atom stereocenters. The number of amides is 1. The van der Waals surface area contributed by atoms with Crippen molar-refractivity contribution in [2.75, 3.05) is 13.7 Å². The molecule has 1 N–H and O–H groups in total. The summed E-state index contributed by atoms with van der Waals surface area (Å²) in [7, 11) is 1.75. The summed E-state index contributed by atoms with van der Waals surface area (Å²) in [5, 5.41) is 3.04. The first-order valence-electron chi connectivity index (χ1n) is 10.6. The van der Waals surface area contributed by atoms with E-state index in [-0.39, 0.29) is 11.3 Å². The van der Waals surface area contributed by atoms with E-state index >= 15 is 0 Å². The molecule has 0 aliphatic heterocycles. The number of carbonyl (C=O) groups is 1. The van der Waals surface area contributed by atoms with Crippen molar-refractivity contribution in [3.8, 4) is 5.75 Å². The summed E-state index contributed by atoms with van der Waals surface area (Å²) in [5.74, 6) is 4.42. The lowest BCUT2D eigenvalue weighted by atomic mass is 9.48. The Morgan fingerprint density at radius 2 is 1.86 bits per heavy atom. The van der Waals surface area contributed by atoms with Gasteiger partial charge in [-0.1, -0.05) is 0 Å². The van der Waals surface area contributed by atoms with Crippen LogP contribution in [0.4, 0.5) is 0 Å². The summed E-state index contributed by atoms with van der Waals surface area (Å²) in [4.78, 5) is 12.8. The Balaban J connectivity index is 1.37. The Morgan fingerprint density at radius 3 is 2.46 bits per heavy atom. The van der Waals surface area contributed by atoms with Crippen LogP contribution in [0.15, 0.2) is 41.0 Å². The number of ether oxygens (including phenoxy) is 1. The van der Waals surface area contributed by atoms with Gasteiger partial charge < -0.3 is 14.5 Å². The van der Waals surface area contributed by atoms with Crippen molar-refractivity contribution in [2.45, 2.75) is 50.4 Å². The van der Waals surface area contributed by atoms with Crippen LogP contribution in [0.25, 0.3) is 0 Å². The van der Waals surface area contributed by atoms with Crippen molar-refractivity contribution < 1.29 is 13.9 Å². The zero-order valence-electron chi connectivity index (χ0n) is 16.6. The average molecular weight is 380 g/mol. The van der Waals surface area contributed by atoms with Gasteiger partial charge in [0.15, 0.2) is 0 Å². The van der Waals surface area contributed by atoms with Gasteiger partial charge in [0.25, 0.3) is 5.91 Å². The van der Waals surface area contributed by atoms with E-state index in [2.05, 4.69) is 11.4 Å². The van der Waals surface area contributed by atoms with Crippen LogP contribution in [0.2, 0.25) is 0 Å². The Kier molecular flexibility index (Phi) is 4.45. The molecule has 0 spiro atoms. The van der Waals surface area contributed by atoms with Gasteiger partial charge in [0.1, 0.15) is 11.5 Å². The third kappa shape index (κ3) is 3.13. The fourth-order valence-electron chi connectivity index (χ4n) is 6.56. The number of hydrogen-bond acceptors (Lipinski definition) is 3. The largest absolute Gasteiger partial charge is 0.496 e. The molecule has 148 valence electrons. The third-order valence-corrected chi connectivity index (χ3v) is 7.31. The number of methoxy groups -OCH3 is 1. The second-order valence-electron chi connectivity index (χ2n) is 9.20. The van der Waals surface area contributed by atoms with E-state index in [1.54, 1.807) is 13.4 Å². The third-order valence-electron chi connectivity index (χ3n) is 7.31. The van der Waals surface area contributed by atoms with Gasteiger partial charge in [0.2, 0.25) is 0 Å². The van der Waals surface area contributed by atoms with Crippen LogP contribution >= 0.6 is 0 Å². The maximum absolute atomic E-state index is 12.8. The Morgan fingerprint density at radius 1 is 1.14 bits per heavy atom. The smallest absolute Gasteiger partial charge is 0.251 e. The molecule has 0 radical (unpaired) electrons. The van der Waals surface area contributed by atoms with Gasteiger partial charge in [-0.25, -0.2) is 0 Å². The second-order valence-corrected chi connectivity index (χ2v) is 9.20. The predicted octanol–water partition coefficient (Wildman–Crippen LogP) is 4.73. The van der Waals surface area contributed by atoms with Crippen LogP contribution in [0.3, 0.4) is 0 Å². The zero-order chi connectivity index (χ0) is 19.1. The van der Waals surface area contributed by atoms with Gasteiger partial charge in [-0.2, -0.15) is 0 Å². The minimum atomic E-state index is -0.0137. The summed E-state index contributed by atoms with van der Waals surface area (Å²) in [6.45, 7) is 0.574. The van der Waals surface area contributed by atoms with Crippen LogP contribution < -0.4 is 10.1 Å². The standard InChI is InChI=1S/C24H29NO3/c1-27-22-5-4-19(23(26)25-7-6-20-3-2-8-28-20)12-21(22)24-13-16-9-17(14-24)11-18(10-16)15-24/h2-5,8,12,16-18H,6-7,9-11,13-15H2,1H3,(H,25,26). The van der Waals surface area contributed by atoms with Crippen molar-refractivity contribution in [3.63, 3.8) is 0 Å². The highest BCUT2D eigenvalue weighted by Gasteiger charge is 2.52. The highest BCUT2D eigenvalue weighted by molar-refractivity contribution is 5.94. The molecule has 28 heavy (non-hydrogen) atoms. The fourth-order valence-corrected chi connectivity index (χ4v) is 6.56. The summed E-state index contributed by atoms with van der Waals surface area (Å²) >= 11 is 0. The van der Waals surface area contributed by atoms with E-state index in [0.717, 1.165) is 34.8 Å². The average Bonchev–Trinajstić information content (AvgIpc) is 3.20. The highest BCUT2D eigenvalue weighted by Crippen LogP contribution is 2.61. The van der Waals surface area contributed by atoms with Crippen molar-refractivity contribution in [2.24, 2.45) is 17.8 Å². The molecule has 4 heteroatoms. The van der Waals surface area contributed by atoms with E-state index in [4.69, 9.17) is 9.15 Å². The molecular formula is C24H29NO3. The Hall–Kier alpha value is -2.23. The summed E-state index contributed by atoms with van der Waals surface area (Å²) in [6.07, 6.45) is 10.4. The molecule has 6 rings (SSSR count). The minimum Gasteiger partial charge on any atom is -0.496 e. The van der Waals surface area contributed by atoms with Crippen LogP contribution in [0, 0.1) is 17.8 Å². The summed E-state index contributed by atoms with van der Waals surface area (Å²) in [6, 6.07) is 9.82. The molecule has 4 aliphatic carbocycles. The van der Waals surface area contributed by atoms with E-state index in [1.807, 2.05) is 24.3 Å². The molecule has 4 aliphatic rings. The van der Waals surface area contributed by atoms with Gasteiger partial charge in [-0.3, -0.25) is 4.79 Å². The van der Waals surface area contributed by atoms with Crippen molar-refractivity contribution >= 4 is 5.91 Å². The molecule has 0 saturated heterocycles. The Bertz CT molecular complexity index is 819. The zero-order valence-corrected chi connectivity index (χ0v) is 16.6. The quantitative estimate of drug-likeness (QED) is 0.789. The van der Waals surface area contributed by atoms with Crippen molar-refractivity contribution in [1.29, 1.82) is 0 Å². The molecule has 4 nitrogen and oxygen atoms in total. The molecule has 4 saturated carbocycles. The van der Waals surface area contributed by atoms with E-state index in [9.17, 15) is 4.79 Å². The predicted molar refractivity (Wildman–Crippen MR) is 108 cm³/mol. The molecule has 1 heterocycles. The van der Waals surface area contributed by atoms with E-state index < -0.39 is 0 Å². The van der Waals surface area contributed by atoms with Gasteiger partial charge in [0, 0.05) is 24.1 Å². The number of benzene rings is 1. The number of rotatable bonds is 6. The lowest BCUT2D eigenvalue weighted by Crippen LogP contribution is -2.48.